The van der Waals surface area contributed by atoms with Crippen LogP contribution in [0.15, 0.2) is 42.6 Å². The lowest BCUT2D eigenvalue weighted by atomic mass is 9.91. The number of piperidine rings is 1. The third kappa shape index (κ3) is 3.52. The topological polar surface area (TPSA) is 60.2 Å². The predicted octanol–water partition coefficient (Wildman–Crippen LogP) is 2.93. The first kappa shape index (κ1) is 17.5. The Bertz CT molecular complexity index is 940. The smallest absolute Gasteiger partial charge is 0.226 e. The maximum atomic E-state index is 12.6. The highest BCUT2D eigenvalue weighted by molar-refractivity contribution is 5.80. The molecule has 0 aliphatic carbocycles. The Morgan fingerprint density at radius 1 is 1.19 bits per heavy atom. The van der Waals surface area contributed by atoms with Crippen molar-refractivity contribution in [1.29, 1.82) is 0 Å². The van der Waals surface area contributed by atoms with Crippen molar-refractivity contribution in [3.8, 4) is 5.75 Å². The molecule has 6 nitrogen and oxygen atoms in total. The standard InChI is InChI=1S/C21H24N4O2/c1-24-21-18(4-3-11-22-21)20(23-24)16-9-12-25(13-10-16)19(26)14-15-5-7-17(27-2)8-6-15/h3-8,11,16H,9-10,12-14H2,1-2H3. The van der Waals surface area contributed by atoms with Crippen LogP contribution >= 0.6 is 0 Å². The van der Waals surface area contributed by atoms with Crippen molar-refractivity contribution in [2.45, 2.75) is 25.2 Å². The van der Waals surface area contributed by atoms with Gasteiger partial charge in [-0.15, -0.1) is 0 Å². The third-order valence-electron chi connectivity index (χ3n) is 5.38. The molecule has 1 amide bonds. The van der Waals surface area contributed by atoms with Gasteiger partial charge in [-0.1, -0.05) is 12.1 Å². The van der Waals surface area contributed by atoms with Gasteiger partial charge in [0.05, 0.1) is 19.2 Å². The van der Waals surface area contributed by atoms with Crippen molar-refractivity contribution in [1.82, 2.24) is 19.7 Å². The van der Waals surface area contributed by atoms with Gasteiger partial charge in [-0.2, -0.15) is 5.10 Å². The summed E-state index contributed by atoms with van der Waals surface area (Å²) in [7, 11) is 3.58. The monoisotopic (exact) mass is 364 g/mol. The fourth-order valence-electron chi connectivity index (χ4n) is 3.85. The molecule has 3 heterocycles. The molecule has 0 bridgehead atoms. The molecule has 0 N–H and O–H groups in total. The van der Waals surface area contributed by atoms with Gasteiger partial charge in [0.25, 0.3) is 0 Å². The molecule has 3 aromatic rings. The molecule has 4 rings (SSSR count). The number of fused-ring (bicyclic) bond motifs is 1. The lowest BCUT2D eigenvalue weighted by Crippen LogP contribution is -2.38. The molecule has 0 spiro atoms. The lowest BCUT2D eigenvalue weighted by molar-refractivity contribution is -0.131. The fraction of sp³-hybridized carbons (Fsp3) is 0.381. The summed E-state index contributed by atoms with van der Waals surface area (Å²) in [6.45, 7) is 1.55. The van der Waals surface area contributed by atoms with Gasteiger partial charge in [0.2, 0.25) is 5.91 Å². The van der Waals surface area contributed by atoms with Crippen LogP contribution in [0.2, 0.25) is 0 Å². The number of pyridine rings is 1. The van der Waals surface area contributed by atoms with Crippen LogP contribution in [0.4, 0.5) is 0 Å². The van der Waals surface area contributed by atoms with E-state index in [9.17, 15) is 4.79 Å². The number of aromatic nitrogens is 3. The quantitative estimate of drug-likeness (QED) is 0.714. The minimum absolute atomic E-state index is 0.186. The van der Waals surface area contributed by atoms with E-state index in [1.165, 1.54) is 0 Å². The van der Waals surface area contributed by atoms with Gasteiger partial charge in [0.15, 0.2) is 5.65 Å². The summed E-state index contributed by atoms with van der Waals surface area (Å²) in [6, 6.07) is 11.8. The highest BCUT2D eigenvalue weighted by atomic mass is 16.5. The number of hydrogen-bond donors (Lipinski definition) is 0. The third-order valence-corrected chi connectivity index (χ3v) is 5.38. The van der Waals surface area contributed by atoms with Crippen molar-refractivity contribution in [3.05, 3.63) is 53.9 Å². The average molecular weight is 364 g/mol. The summed E-state index contributed by atoms with van der Waals surface area (Å²) in [5.74, 6) is 1.37. The van der Waals surface area contributed by atoms with E-state index in [0.29, 0.717) is 12.3 Å². The Kier molecular flexibility index (Phi) is 4.79. The van der Waals surface area contributed by atoms with Crippen LogP contribution in [0, 0.1) is 0 Å². The van der Waals surface area contributed by atoms with Crippen molar-refractivity contribution in [2.24, 2.45) is 7.05 Å². The second-order valence-electron chi connectivity index (χ2n) is 7.06. The van der Waals surface area contributed by atoms with Crippen LogP contribution in [0.3, 0.4) is 0 Å². The van der Waals surface area contributed by atoms with E-state index in [1.54, 1.807) is 13.3 Å². The Labute approximate surface area is 158 Å². The molecule has 0 radical (unpaired) electrons. The van der Waals surface area contributed by atoms with Crippen LogP contribution in [0.5, 0.6) is 5.75 Å². The number of carbonyl (C=O) groups excluding carboxylic acids is 1. The number of hydrogen-bond acceptors (Lipinski definition) is 4. The first-order valence-corrected chi connectivity index (χ1v) is 9.34. The number of methoxy groups -OCH3 is 1. The Balaban J connectivity index is 1.40. The fourth-order valence-corrected chi connectivity index (χ4v) is 3.85. The zero-order valence-corrected chi connectivity index (χ0v) is 15.8. The highest BCUT2D eigenvalue weighted by Crippen LogP contribution is 2.31. The van der Waals surface area contributed by atoms with Gasteiger partial charge in [-0.3, -0.25) is 9.48 Å². The van der Waals surface area contributed by atoms with E-state index in [4.69, 9.17) is 9.84 Å². The minimum atomic E-state index is 0.186. The molecule has 0 unspecified atom stereocenters. The van der Waals surface area contributed by atoms with Crippen molar-refractivity contribution in [2.75, 3.05) is 20.2 Å². The van der Waals surface area contributed by atoms with Gasteiger partial charge >= 0.3 is 0 Å². The van der Waals surface area contributed by atoms with Crippen LogP contribution < -0.4 is 4.74 Å². The van der Waals surface area contributed by atoms with Crippen molar-refractivity contribution in [3.63, 3.8) is 0 Å². The molecule has 1 aromatic carbocycles. The van der Waals surface area contributed by atoms with Gasteiger partial charge < -0.3 is 9.64 Å². The second-order valence-corrected chi connectivity index (χ2v) is 7.06. The first-order chi connectivity index (χ1) is 13.2. The maximum Gasteiger partial charge on any atom is 0.226 e. The molecule has 1 aliphatic heterocycles. The number of likely N-dealkylation sites (tertiary alicyclic amines) is 1. The summed E-state index contributed by atoms with van der Waals surface area (Å²) < 4.78 is 7.02. The molecular formula is C21H24N4O2. The van der Waals surface area contributed by atoms with Crippen molar-refractivity contribution < 1.29 is 9.53 Å². The maximum absolute atomic E-state index is 12.6. The number of amides is 1. The molecule has 2 aromatic heterocycles. The molecule has 0 saturated carbocycles. The molecule has 1 aliphatic rings. The average Bonchev–Trinajstić information content (AvgIpc) is 3.06. The highest BCUT2D eigenvalue weighted by Gasteiger charge is 2.27. The molecule has 1 saturated heterocycles. The number of aryl methyl sites for hydroxylation is 1. The van der Waals surface area contributed by atoms with E-state index in [2.05, 4.69) is 11.1 Å². The molecule has 27 heavy (non-hydrogen) atoms. The van der Waals surface area contributed by atoms with E-state index in [0.717, 1.165) is 54.0 Å². The summed E-state index contributed by atoms with van der Waals surface area (Å²) in [5, 5.41) is 5.83. The zero-order chi connectivity index (χ0) is 18.8. The number of nitrogens with zero attached hydrogens (tertiary/aromatic N) is 4. The van der Waals surface area contributed by atoms with Crippen LogP contribution in [0.1, 0.15) is 30.0 Å². The summed E-state index contributed by atoms with van der Waals surface area (Å²) in [4.78, 5) is 19.0. The first-order valence-electron chi connectivity index (χ1n) is 9.34. The van der Waals surface area contributed by atoms with Crippen LogP contribution in [0.25, 0.3) is 11.0 Å². The van der Waals surface area contributed by atoms with E-state index >= 15 is 0 Å². The van der Waals surface area contributed by atoms with Crippen molar-refractivity contribution >= 4 is 16.9 Å². The Morgan fingerprint density at radius 2 is 1.93 bits per heavy atom. The molecule has 6 heteroatoms. The molecule has 140 valence electrons. The Morgan fingerprint density at radius 3 is 2.63 bits per heavy atom. The number of ether oxygens (including phenoxy) is 1. The number of carbonyl (C=O) groups is 1. The van der Waals surface area contributed by atoms with E-state index in [-0.39, 0.29) is 5.91 Å². The van der Waals surface area contributed by atoms with E-state index in [1.807, 2.05) is 47.0 Å². The summed E-state index contributed by atoms with van der Waals surface area (Å²) >= 11 is 0. The molecule has 0 atom stereocenters. The lowest BCUT2D eigenvalue weighted by Gasteiger charge is -2.31. The normalized spacial score (nSPS) is 15.3. The minimum Gasteiger partial charge on any atom is -0.497 e. The van der Waals surface area contributed by atoms with Gasteiger partial charge in [0.1, 0.15) is 5.75 Å². The zero-order valence-electron chi connectivity index (χ0n) is 15.8. The SMILES string of the molecule is COc1ccc(CC(=O)N2CCC(c3nn(C)c4ncccc34)CC2)cc1. The van der Waals surface area contributed by atoms with Gasteiger partial charge in [0, 0.05) is 37.6 Å². The van der Waals surface area contributed by atoms with Crippen LogP contribution in [-0.2, 0) is 18.3 Å². The predicted molar refractivity (Wildman–Crippen MR) is 104 cm³/mol. The largest absolute Gasteiger partial charge is 0.497 e. The van der Waals surface area contributed by atoms with E-state index < -0.39 is 0 Å². The number of benzene rings is 1. The van der Waals surface area contributed by atoms with Crippen LogP contribution in [-0.4, -0.2) is 45.8 Å². The second kappa shape index (κ2) is 7.39. The number of rotatable bonds is 4. The Hall–Kier alpha value is -2.89. The van der Waals surface area contributed by atoms with Gasteiger partial charge in [-0.05, 0) is 42.7 Å². The molecule has 1 fully saturated rings. The molecular weight excluding hydrogens is 340 g/mol. The summed E-state index contributed by atoms with van der Waals surface area (Å²) in [6.07, 6.45) is 4.12. The van der Waals surface area contributed by atoms with Gasteiger partial charge in [-0.25, -0.2) is 4.98 Å². The summed E-state index contributed by atoms with van der Waals surface area (Å²) in [5.41, 5.74) is 3.05.